The monoisotopic (exact) mass is 289 g/mol. The second-order valence-corrected chi connectivity index (χ2v) is 6.39. The standard InChI is InChI=1S/C17H20FNS/c1-11-4-5-12(2)17(8-11)20-16-7-6-15(18)10-14(16)9-13(3)19/h4-8,10,13H,9,19H2,1-3H3. The quantitative estimate of drug-likeness (QED) is 0.898. The van der Waals surface area contributed by atoms with Crippen molar-refractivity contribution < 1.29 is 4.39 Å². The third kappa shape index (κ3) is 3.84. The Bertz CT molecular complexity index is 608. The highest BCUT2D eigenvalue weighted by atomic mass is 32.2. The highest BCUT2D eigenvalue weighted by Gasteiger charge is 2.09. The molecule has 20 heavy (non-hydrogen) atoms. The van der Waals surface area contributed by atoms with E-state index in [-0.39, 0.29) is 11.9 Å². The molecule has 1 unspecified atom stereocenters. The molecule has 3 heteroatoms. The molecule has 0 saturated heterocycles. The Hall–Kier alpha value is -1.32. The van der Waals surface area contributed by atoms with Crippen molar-refractivity contribution in [2.24, 2.45) is 5.73 Å². The lowest BCUT2D eigenvalue weighted by Gasteiger charge is -2.13. The zero-order chi connectivity index (χ0) is 14.7. The van der Waals surface area contributed by atoms with Gasteiger partial charge in [-0.1, -0.05) is 23.9 Å². The van der Waals surface area contributed by atoms with E-state index in [1.54, 1.807) is 17.8 Å². The van der Waals surface area contributed by atoms with E-state index in [0.717, 1.165) is 10.5 Å². The lowest BCUT2D eigenvalue weighted by atomic mass is 10.1. The number of rotatable bonds is 4. The molecule has 106 valence electrons. The predicted octanol–water partition coefficient (Wildman–Crippen LogP) is 4.48. The second-order valence-electron chi connectivity index (χ2n) is 5.30. The summed E-state index contributed by atoms with van der Waals surface area (Å²) in [5.74, 6) is -0.203. The molecule has 0 fully saturated rings. The Morgan fingerprint density at radius 2 is 1.85 bits per heavy atom. The zero-order valence-electron chi connectivity index (χ0n) is 12.1. The molecule has 0 heterocycles. The van der Waals surface area contributed by atoms with Gasteiger partial charge >= 0.3 is 0 Å². The van der Waals surface area contributed by atoms with Crippen LogP contribution in [0.15, 0.2) is 46.2 Å². The van der Waals surface area contributed by atoms with Gasteiger partial charge in [-0.15, -0.1) is 0 Å². The van der Waals surface area contributed by atoms with Gasteiger partial charge in [0.2, 0.25) is 0 Å². The van der Waals surface area contributed by atoms with Crippen LogP contribution in [0.4, 0.5) is 4.39 Å². The van der Waals surface area contributed by atoms with Gasteiger partial charge in [0.1, 0.15) is 5.82 Å². The molecule has 0 saturated carbocycles. The molecule has 2 aromatic rings. The first kappa shape index (κ1) is 15.1. The topological polar surface area (TPSA) is 26.0 Å². The number of benzene rings is 2. The van der Waals surface area contributed by atoms with Gasteiger partial charge in [0.15, 0.2) is 0 Å². The SMILES string of the molecule is Cc1ccc(C)c(Sc2ccc(F)cc2CC(C)N)c1. The summed E-state index contributed by atoms with van der Waals surface area (Å²) >= 11 is 1.68. The largest absolute Gasteiger partial charge is 0.328 e. The van der Waals surface area contributed by atoms with Crippen molar-refractivity contribution >= 4 is 11.8 Å². The molecular weight excluding hydrogens is 269 g/mol. The van der Waals surface area contributed by atoms with Crippen molar-refractivity contribution in [2.45, 2.75) is 43.0 Å². The predicted molar refractivity (Wildman–Crippen MR) is 83.8 cm³/mol. The second kappa shape index (κ2) is 6.42. The lowest BCUT2D eigenvalue weighted by Crippen LogP contribution is -2.18. The number of halogens is 1. The van der Waals surface area contributed by atoms with Gasteiger partial charge in [-0.3, -0.25) is 0 Å². The molecule has 1 nitrogen and oxygen atoms in total. The third-order valence-corrected chi connectivity index (χ3v) is 4.41. The maximum atomic E-state index is 13.4. The lowest BCUT2D eigenvalue weighted by molar-refractivity contribution is 0.620. The fraction of sp³-hybridized carbons (Fsp3) is 0.294. The summed E-state index contributed by atoms with van der Waals surface area (Å²) in [6, 6.07) is 11.4. The fourth-order valence-electron chi connectivity index (χ4n) is 2.09. The number of nitrogens with two attached hydrogens (primary N) is 1. The summed E-state index contributed by atoms with van der Waals surface area (Å²) in [4.78, 5) is 2.29. The van der Waals surface area contributed by atoms with Crippen molar-refractivity contribution in [1.82, 2.24) is 0 Å². The average molecular weight is 289 g/mol. The molecule has 0 bridgehead atoms. The number of hydrogen-bond acceptors (Lipinski definition) is 2. The normalized spacial score (nSPS) is 12.4. The van der Waals surface area contributed by atoms with Crippen molar-refractivity contribution in [3.63, 3.8) is 0 Å². The van der Waals surface area contributed by atoms with Crippen molar-refractivity contribution in [2.75, 3.05) is 0 Å². The first-order valence-electron chi connectivity index (χ1n) is 6.75. The molecule has 2 aromatic carbocycles. The van der Waals surface area contributed by atoms with Gasteiger partial charge in [0.25, 0.3) is 0 Å². The minimum Gasteiger partial charge on any atom is -0.328 e. The van der Waals surface area contributed by atoms with Crippen molar-refractivity contribution in [1.29, 1.82) is 0 Å². The molecule has 0 aliphatic carbocycles. The van der Waals surface area contributed by atoms with Crippen LogP contribution in [0, 0.1) is 19.7 Å². The van der Waals surface area contributed by atoms with Gasteiger partial charge in [0, 0.05) is 15.8 Å². The average Bonchev–Trinajstić information content (AvgIpc) is 2.36. The van der Waals surface area contributed by atoms with E-state index in [9.17, 15) is 4.39 Å². The van der Waals surface area contributed by atoms with E-state index in [0.29, 0.717) is 6.42 Å². The summed E-state index contributed by atoms with van der Waals surface area (Å²) in [5.41, 5.74) is 9.30. The highest BCUT2D eigenvalue weighted by molar-refractivity contribution is 7.99. The van der Waals surface area contributed by atoms with Crippen molar-refractivity contribution in [3.8, 4) is 0 Å². The van der Waals surface area contributed by atoms with Crippen molar-refractivity contribution in [3.05, 3.63) is 58.9 Å². The van der Waals surface area contributed by atoms with E-state index in [1.165, 1.54) is 22.1 Å². The van der Waals surface area contributed by atoms with Gasteiger partial charge < -0.3 is 5.73 Å². The van der Waals surface area contributed by atoms with Crippen LogP contribution in [0.2, 0.25) is 0 Å². The maximum Gasteiger partial charge on any atom is 0.123 e. The first-order chi connectivity index (χ1) is 9.45. The smallest absolute Gasteiger partial charge is 0.123 e. The summed E-state index contributed by atoms with van der Waals surface area (Å²) in [6.45, 7) is 6.12. The third-order valence-electron chi connectivity index (χ3n) is 3.13. The Labute approximate surface area is 124 Å². The molecule has 0 spiro atoms. The number of hydrogen-bond donors (Lipinski definition) is 1. The molecule has 0 aliphatic rings. The Kier molecular flexibility index (Phi) is 4.84. The minimum atomic E-state index is -0.203. The van der Waals surface area contributed by atoms with Crippen LogP contribution in [0.3, 0.4) is 0 Å². The molecule has 0 aliphatic heterocycles. The van der Waals surface area contributed by atoms with Crippen LogP contribution in [-0.2, 0) is 6.42 Å². The van der Waals surface area contributed by atoms with Crippen LogP contribution in [-0.4, -0.2) is 6.04 Å². The van der Waals surface area contributed by atoms with Crippen LogP contribution < -0.4 is 5.73 Å². The molecule has 0 radical (unpaired) electrons. The van der Waals surface area contributed by atoms with E-state index in [2.05, 4.69) is 32.0 Å². The summed E-state index contributed by atoms with van der Waals surface area (Å²) in [6.07, 6.45) is 0.685. The Balaban J connectivity index is 2.35. The van der Waals surface area contributed by atoms with Crippen LogP contribution in [0.1, 0.15) is 23.6 Å². The van der Waals surface area contributed by atoms with Gasteiger partial charge in [-0.2, -0.15) is 0 Å². The Morgan fingerprint density at radius 1 is 1.10 bits per heavy atom. The van der Waals surface area contributed by atoms with E-state index in [4.69, 9.17) is 5.73 Å². The first-order valence-corrected chi connectivity index (χ1v) is 7.56. The van der Waals surface area contributed by atoms with Gasteiger partial charge in [-0.25, -0.2) is 4.39 Å². The van der Waals surface area contributed by atoms with E-state index < -0.39 is 0 Å². The van der Waals surface area contributed by atoms with Gasteiger partial charge in [0.05, 0.1) is 0 Å². The minimum absolute atomic E-state index is 0.0229. The fourth-order valence-corrected chi connectivity index (χ4v) is 3.21. The summed E-state index contributed by atoms with van der Waals surface area (Å²) in [5, 5.41) is 0. The molecular formula is C17H20FNS. The van der Waals surface area contributed by atoms with E-state index in [1.807, 2.05) is 13.0 Å². The molecule has 2 N–H and O–H groups in total. The highest BCUT2D eigenvalue weighted by Crippen LogP contribution is 2.34. The molecule has 1 atom stereocenters. The van der Waals surface area contributed by atoms with Crippen LogP contribution in [0.25, 0.3) is 0 Å². The summed E-state index contributed by atoms with van der Waals surface area (Å²) in [7, 11) is 0. The molecule has 0 amide bonds. The molecule has 2 rings (SSSR count). The van der Waals surface area contributed by atoms with Crippen LogP contribution in [0.5, 0.6) is 0 Å². The van der Waals surface area contributed by atoms with E-state index >= 15 is 0 Å². The molecule has 0 aromatic heterocycles. The maximum absolute atomic E-state index is 13.4. The van der Waals surface area contributed by atoms with Gasteiger partial charge in [-0.05, 0) is 68.1 Å². The number of aryl methyl sites for hydroxylation is 2. The van der Waals surface area contributed by atoms with Crippen LogP contribution >= 0.6 is 11.8 Å². The Morgan fingerprint density at radius 3 is 2.55 bits per heavy atom. The summed E-state index contributed by atoms with van der Waals surface area (Å²) < 4.78 is 13.4. The zero-order valence-corrected chi connectivity index (χ0v) is 12.9.